The number of thiazole rings is 1. The van der Waals surface area contributed by atoms with E-state index in [9.17, 15) is 4.79 Å². The van der Waals surface area contributed by atoms with Crippen LogP contribution in [0.15, 0.2) is 53.3 Å². The van der Waals surface area contributed by atoms with E-state index in [-0.39, 0.29) is 5.56 Å². The number of unbranched alkanes of at least 4 members (excludes halogenated alkanes) is 3. The summed E-state index contributed by atoms with van der Waals surface area (Å²) >= 11 is 7.54. The monoisotopic (exact) mass is 439 g/mol. The molecule has 0 saturated carbocycles. The molecule has 0 bridgehead atoms. The zero-order valence-electron chi connectivity index (χ0n) is 16.7. The molecule has 0 N–H and O–H groups in total. The van der Waals surface area contributed by atoms with Crippen LogP contribution in [0.2, 0.25) is 5.02 Å². The molecule has 2 aromatic carbocycles. The summed E-state index contributed by atoms with van der Waals surface area (Å²) in [5.74, 6) is 1.23. The lowest BCUT2D eigenvalue weighted by molar-refractivity contribution is 0.304. The predicted octanol–water partition coefficient (Wildman–Crippen LogP) is 4.98. The number of para-hydroxylation sites is 1. The Labute approximate surface area is 183 Å². The fraction of sp³-hybridized carbons (Fsp3) is 0.261. The molecule has 0 saturated heterocycles. The maximum Gasteiger partial charge on any atom is 0.291 e. The van der Waals surface area contributed by atoms with Gasteiger partial charge in [0, 0.05) is 11.1 Å². The maximum absolute atomic E-state index is 12.9. The van der Waals surface area contributed by atoms with Crippen molar-refractivity contribution in [3.8, 4) is 17.1 Å². The highest BCUT2D eigenvalue weighted by atomic mass is 35.5. The van der Waals surface area contributed by atoms with Gasteiger partial charge in [-0.1, -0.05) is 79.5 Å². The molecule has 0 aliphatic rings. The van der Waals surface area contributed by atoms with Crippen LogP contribution in [0.4, 0.5) is 0 Å². The summed E-state index contributed by atoms with van der Waals surface area (Å²) in [6.45, 7) is 2.86. The summed E-state index contributed by atoms with van der Waals surface area (Å²) in [5, 5.41) is 4.93. The van der Waals surface area contributed by atoms with E-state index in [1.54, 1.807) is 6.07 Å². The lowest BCUT2D eigenvalue weighted by Gasteiger charge is -2.08. The summed E-state index contributed by atoms with van der Waals surface area (Å²) in [6.07, 6.45) is 6.45. The van der Waals surface area contributed by atoms with Crippen molar-refractivity contribution in [1.29, 1.82) is 0 Å². The highest BCUT2D eigenvalue weighted by Crippen LogP contribution is 2.25. The van der Waals surface area contributed by atoms with Gasteiger partial charge in [0.2, 0.25) is 4.96 Å². The first-order valence-electron chi connectivity index (χ1n) is 10.1. The summed E-state index contributed by atoms with van der Waals surface area (Å²) in [4.78, 5) is 17.9. The third-order valence-corrected chi connectivity index (χ3v) is 6.05. The van der Waals surface area contributed by atoms with Crippen molar-refractivity contribution < 1.29 is 4.74 Å². The van der Waals surface area contributed by atoms with Crippen LogP contribution in [-0.2, 0) is 0 Å². The van der Waals surface area contributed by atoms with Gasteiger partial charge in [-0.15, -0.1) is 5.10 Å². The van der Waals surface area contributed by atoms with E-state index >= 15 is 0 Å². The maximum atomic E-state index is 12.9. The van der Waals surface area contributed by atoms with E-state index in [2.05, 4.69) is 17.0 Å². The van der Waals surface area contributed by atoms with Gasteiger partial charge in [0.05, 0.1) is 16.2 Å². The lowest BCUT2D eigenvalue weighted by atomic mass is 10.2. The molecule has 0 radical (unpaired) electrons. The van der Waals surface area contributed by atoms with Crippen LogP contribution in [0.1, 0.15) is 38.2 Å². The average molecular weight is 440 g/mol. The molecule has 0 spiro atoms. The molecule has 4 aromatic rings. The van der Waals surface area contributed by atoms with Crippen LogP contribution >= 0.6 is 22.9 Å². The van der Waals surface area contributed by atoms with E-state index in [0.717, 1.165) is 24.2 Å². The van der Waals surface area contributed by atoms with Crippen molar-refractivity contribution >= 4 is 34.0 Å². The lowest BCUT2D eigenvalue weighted by Crippen LogP contribution is -2.23. The van der Waals surface area contributed by atoms with E-state index in [1.807, 2.05) is 48.5 Å². The van der Waals surface area contributed by atoms with Crippen molar-refractivity contribution in [1.82, 2.24) is 14.6 Å². The molecule has 0 fully saturated rings. The highest BCUT2D eigenvalue weighted by molar-refractivity contribution is 7.15. The third-order valence-electron chi connectivity index (χ3n) is 4.76. The Hall–Kier alpha value is -2.70. The normalized spacial score (nSPS) is 12.0. The fourth-order valence-corrected chi connectivity index (χ4v) is 4.29. The molecule has 7 heteroatoms. The summed E-state index contributed by atoms with van der Waals surface area (Å²) < 4.78 is 7.86. The number of ether oxygens (including phenoxy) is 1. The highest BCUT2D eigenvalue weighted by Gasteiger charge is 2.14. The molecular formula is C23H22ClN3O2S. The molecule has 0 aliphatic carbocycles. The predicted molar refractivity (Wildman–Crippen MR) is 122 cm³/mol. The second-order valence-corrected chi connectivity index (χ2v) is 8.39. The summed E-state index contributed by atoms with van der Waals surface area (Å²) in [6, 6.07) is 15.1. The summed E-state index contributed by atoms with van der Waals surface area (Å²) in [7, 11) is 0. The van der Waals surface area contributed by atoms with Crippen molar-refractivity contribution in [2.24, 2.45) is 0 Å². The minimum atomic E-state index is -0.196. The average Bonchev–Trinajstić information content (AvgIpc) is 3.29. The molecule has 2 aromatic heterocycles. The van der Waals surface area contributed by atoms with E-state index in [0.29, 0.717) is 32.5 Å². The Morgan fingerprint density at radius 3 is 2.70 bits per heavy atom. The van der Waals surface area contributed by atoms with Crippen LogP contribution in [0.25, 0.3) is 22.4 Å². The number of benzene rings is 2. The van der Waals surface area contributed by atoms with Gasteiger partial charge in [0.1, 0.15) is 5.75 Å². The number of fused-ring (bicyclic) bond motifs is 1. The standard InChI is InChI=1S/C23H22ClN3O2S/c1-2-3-4-9-14-29-19-13-8-5-10-16(19)15-20-22(28)27-23(30-20)25-21(26-27)17-11-6-7-12-18(17)24/h5-8,10-13,15H,2-4,9,14H2,1H3. The first-order chi connectivity index (χ1) is 14.7. The van der Waals surface area contributed by atoms with Crippen LogP contribution in [0, 0.1) is 0 Å². The Balaban J connectivity index is 1.63. The van der Waals surface area contributed by atoms with Gasteiger partial charge in [-0.05, 0) is 30.7 Å². The molecule has 0 unspecified atom stereocenters. The number of hydrogen-bond acceptors (Lipinski definition) is 5. The van der Waals surface area contributed by atoms with Gasteiger partial charge in [0.15, 0.2) is 5.82 Å². The van der Waals surface area contributed by atoms with Gasteiger partial charge in [-0.25, -0.2) is 0 Å². The Morgan fingerprint density at radius 1 is 1.10 bits per heavy atom. The fourth-order valence-electron chi connectivity index (χ4n) is 3.17. The molecule has 0 amide bonds. The van der Waals surface area contributed by atoms with E-state index < -0.39 is 0 Å². The van der Waals surface area contributed by atoms with Gasteiger partial charge in [-0.3, -0.25) is 4.79 Å². The molecule has 30 heavy (non-hydrogen) atoms. The van der Waals surface area contributed by atoms with Crippen molar-refractivity contribution in [3.63, 3.8) is 0 Å². The SMILES string of the molecule is CCCCCCOc1ccccc1C=c1sc2nc(-c3ccccc3Cl)nn2c1=O. The number of rotatable bonds is 8. The Kier molecular flexibility index (Phi) is 6.45. The smallest absolute Gasteiger partial charge is 0.291 e. The molecule has 4 rings (SSSR count). The second-order valence-electron chi connectivity index (χ2n) is 6.97. The van der Waals surface area contributed by atoms with Crippen LogP contribution < -0.4 is 14.8 Å². The molecule has 5 nitrogen and oxygen atoms in total. The zero-order valence-corrected chi connectivity index (χ0v) is 18.2. The molecular weight excluding hydrogens is 418 g/mol. The minimum absolute atomic E-state index is 0.196. The molecule has 0 aliphatic heterocycles. The molecule has 154 valence electrons. The van der Waals surface area contributed by atoms with Crippen molar-refractivity contribution in [2.75, 3.05) is 6.61 Å². The topological polar surface area (TPSA) is 56.5 Å². The number of halogens is 1. The Morgan fingerprint density at radius 2 is 1.90 bits per heavy atom. The quantitative estimate of drug-likeness (QED) is 0.363. The van der Waals surface area contributed by atoms with Crippen LogP contribution in [0.5, 0.6) is 5.75 Å². The third kappa shape index (κ3) is 4.40. The van der Waals surface area contributed by atoms with E-state index in [4.69, 9.17) is 16.3 Å². The van der Waals surface area contributed by atoms with Crippen LogP contribution in [-0.4, -0.2) is 21.2 Å². The largest absolute Gasteiger partial charge is 0.493 e. The first-order valence-corrected chi connectivity index (χ1v) is 11.2. The molecule has 0 atom stereocenters. The van der Waals surface area contributed by atoms with Crippen molar-refractivity contribution in [3.05, 3.63) is 74.0 Å². The van der Waals surface area contributed by atoms with Crippen molar-refractivity contribution in [2.45, 2.75) is 32.6 Å². The van der Waals surface area contributed by atoms with Crippen LogP contribution in [0.3, 0.4) is 0 Å². The van der Waals surface area contributed by atoms with Gasteiger partial charge >= 0.3 is 0 Å². The number of aromatic nitrogens is 3. The number of hydrogen-bond donors (Lipinski definition) is 0. The van der Waals surface area contributed by atoms with Gasteiger partial charge in [-0.2, -0.15) is 9.50 Å². The first kappa shape index (κ1) is 20.6. The van der Waals surface area contributed by atoms with Gasteiger partial charge in [0.25, 0.3) is 5.56 Å². The Bertz CT molecular complexity index is 1270. The number of nitrogens with zero attached hydrogens (tertiary/aromatic N) is 3. The summed E-state index contributed by atoms with van der Waals surface area (Å²) in [5.41, 5.74) is 1.39. The molecule has 2 heterocycles. The van der Waals surface area contributed by atoms with E-state index in [1.165, 1.54) is 28.7 Å². The second kappa shape index (κ2) is 9.41. The van der Waals surface area contributed by atoms with Gasteiger partial charge < -0.3 is 4.74 Å². The minimum Gasteiger partial charge on any atom is -0.493 e. The zero-order chi connectivity index (χ0) is 20.9.